The molecule has 0 rings (SSSR count). The van der Waals surface area contributed by atoms with E-state index in [9.17, 15) is 4.79 Å². The van der Waals surface area contributed by atoms with E-state index in [-0.39, 0.29) is 30.8 Å². The van der Waals surface area contributed by atoms with E-state index in [0.717, 1.165) is 0 Å². The Labute approximate surface area is 70.0 Å². The highest BCUT2D eigenvalue weighted by Crippen LogP contribution is 1.64. The molecular weight excluding hydrogens is 181 g/mol. The quantitative estimate of drug-likeness (QED) is 0.124. The van der Waals surface area contributed by atoms with Crippen LogP contribution in [-0.2, 0) is 0 Å². The van der Waals surface area contributed by atoms with E-state index < -0.39 is 6.03 Å². The van der Waals surface area contributed by atoms with Gasteiger partial charge in [0, 0.05) is 0 Å². The zero-order chi connectivity index (χ0) is 6.57. The molecule has 0 aromatic carbocycles. The lowest BCUT2D eigenvalue weighted by atomic mass is 11.0. The van der Waals surface area contributed by atoms with Crippen molar-refractivity contribution in [3.05, 3.63) is 0 Å². The molecule has 0 saturated carbocycles. The summed E-state index contributed by atoms with van der Waals surface area (Å²) in [5.74, 6) is 4.29. The van der Waals surface area contributed by atoms with Gasteiger partial charge in [0.1, 0.15) is 0 Å². The Balaban J connectivity index is -0.000000245. The van der Waals surface area contributed by atoms with E-state index >= 15 is 0 Å². The van der Waals surface area contributed by atoms with Gasteiger partial charge >= 0.3 is 6.03 Å². The van der Waals surface area contributed by atoms with Gasteiger partial charge in [-0.2, -0.15) is 4.99 Å². The monoisotopic (exact) mass is 189 g/mol. The molecule has 0 aliphatic rings. The highest BCUT2D eigenvalue weighted by Gasteiger charge is 1.89. The molecule has 0 aromatic rings. The molecule has 10 heavy (non-hydrogen) atoms. The molecule has 0 fully saturated rings. The average molecular weight is 190 g/mol. The van der Waals surface area contributed by atoms with E-state index in [2.05, 4.69) is 10.8 Å². The molecule has 0 aliphatic carbocycles. The number of urea groups is 1. The van der Waals surface area contributed by atoms with Crippen LogP contribution < -0.4 is 22.7 Å². The summed E-state index contributed by atoms with van der Waals surface area (Å²) in [4.78, 5) is 13.0. The third-order valence-corrected chi connectivity index (χ3v) is 0.354. The van der Waals surface area contributed by atoms with Crippen LogP contribution in [0.2, 0.25) is 0 Å². The molecule has 0 aromatic heterocycles. The number of carbonyl (C=O) groups excluding carboxylic acids is 1. The third-order valence-electron chi connectivity index (χ3n) is 0.354. The van der Waals surface area contributed by atoms with Gasteiger partial charge in [0.25, 0.3) is 0 Å². The van der Waals surface area contributed by atoms with Crippen LogP contribution in [0.5, 0.6) is 0 Å². The molecule has 0 bridgehead atoms. The van der Waals surface area contributed by atoms with Crippen molar-refractivity contribution in [1.82, 2.24) is 5.43 Å². The molecule has 0 spiro atoms. The zero-order valence-corrected chi connectivity index (χ0v) is 6.54. The number of nitrogens with two attached hydrogens (primary N) is 3. The third kappa shape index (κ3) is 10.3. The van der Waals surface area contributed by atoms with Gasteiger partial charge in [0.2, 0.25) is 0 Å². The fourth-order valence-electron chi connectivity index (χ4n) is 0.150. The summed E-state index contributed by atoms with van der Waals surface area (Å²) in [5.41, 5.74) is 11.3. The van der Waals surface area contributed by atoms with Crippen LogP contribution in [0.1, 0.15) is 0 Å². The number of aliphatic imine (C=N–C) groups is 1. The van der Waals surface area contributed by atoms with Crippen molar-refractivity contribution in [2.24, 2.45) is 22.3 Å². The number of hydrogen-bond donors (Lipinski definition) is 4. The summed E-state index contributed by atoms with van der Waals surface area (Å²) < 4.78 is 0. The molecule has 6 nitrogen and oxygen atoms in total. The lowest BCUT2D eigenvalue weighted by Crippen LogP contribution is -2.32. The van der Waals surface area contributed by atoms with Crippen LogP contribution in [0, 0.1) is 0 Å². The first-order chi connectivity index (χ1) is 3.66. The number of hydrazine groups is 1. The van der Waals surface area contributed by atoms with E-state index in [1.165, 1.54) is 0 Å². The van der Waals surface area contributed by atoms with Gasteiger partial charge in [-0.3, -0.25) is 5.43 Å². The summed E-state index contributed by atoms with van der Waals surface area (Å²) >= 11 is 0. The van der Waals surface area contributed by atoms with E-state index in [1.807, 2.05) is 0 Å². The molecule has 2 amide bonds. The molecule has 7 N–H and O–H groups in total. The van der Waals surface area contributed by atoms with E-state index in [0.29, 0.717) is 0 Å². The van der Waals surface area contributed by atoms with Crippen molar-refractivity contribution >= 4 is 36.8 Å². The minimum absolute atomic E-state index is 0. The number of nitrogens with zero attached hydrogens (tertiary/aromatic N) is 1. The Morgan fingerprint density at radius 3 is 1.80 bits per heavy atom. The van der Waals surface area contributed by atoms with Crippen LogP contribution in [0.3, 0.4) is 0 Å². The second-order valence-electron chi connectivity index (χ2n) is 0.986. The van der Waals surface area contributed by atoms with Crippen LogP contribution in [-0.4, -0.2) is 12.0 Å². The first kappa shape index (κ1) is 16.1. The molecule has 0 aliphatic heterocycles. The summed E-state index contributed by atoms with van der Waals surface area (Å²) in [6.07, 6.45) is 0. The molecule has 0 unspecified atom stereocenters. The normalized spacial score (nSPS) is 6.10. The van der Waals surface area contributed by atoms with Crippen molar-refractivity contribution in [2.45, 2.75) is 0 Å². The fraction of sp³-hybridized carbons (Fsp3) is 0. The Morgan fingerprint density at radius 2 is 1.70 bits per heavy atom. The molecule has 62 valence electrons. The summed E-state index contributed by atoms with van der Waals surface area (Å²) in [7, 11) is 0. The lowest BCUT2D eigenvalue weighted by molar-refractivity contribution is 0.249. The fourth-order valence-corrected chi connectivity index (χ4v) is 0.150. The summed E-state index contributed by atoms with van der Waals surface area (Å²) in [6.45, 7) is 0. The molecule has 8 heteroatoms. The number of amides is 2. The van der Waals surface area contributed by atoms with E-state index in [4.69, 9.17) is 11.5 Å². The molecule has 0 heterocycles. The van der Waals surface area contributed by atoms with Crippen molar-refractivity contribution < 1.29 is 4.79 Å². The van der Waals surface area contributed by atoms with Crippen molar-refractivity contribution in [2.75, 3.05) is 0 Å². The van der Waals surface area contributed by atoms with Gasteiger partial charge in [-0.05, 0) is 0 Å². The summed E-state index contributed by atoms with van der Waals surface area (Å²) in [6, 6.07) is -0.759. The van der Waals surface area contributed by atoms with Crippen LogP contribution in [0.15, 0.2) is 4.99 Å². The smallest absolute Gasteiger partial charge is 0.358 e. The van der Waals surface area contributed by atoms with Gasteiger partial charge in [-0.15, -0.1) is 24.8 Å². The summed E-state index contributed by atoms with van der Waals surface area (Å²) in [5, 5.41) is 0. The van der Waals surface area contributed by atoms with Gasteiger partial charge < -0.3 is 11.5 Å². The zero-order valence-electron chi connectivity index (χ0n) is 4.90. The molecule has 0 atom stereocenters. The molecular formula is C2H9Cl2N5O. The average Bonchev–Trinajstić information content (AvgIpc) is 1.65. The second-order valence-corrected chi connectivity index (χ2v) is 0.986. The van der Waals surface area contributed by atoms with Crippen LogP contribution in [0.4, 0.5) is 4.79 Å². The maximum absolute atomic E-state index is 10.0. The standard InChI is InChI=1S/C2H7N5O.2ClH/c3-1(4)6-2(8)7-5;;/h5H2,(H5,3,4,6,7,8);2*1H. The minimum atomic E-state index is -0.759. The molecule has 0 radical (unpaired) electrons. The number of rotatable bonds is 0. The highest BCUT2D eigenvalue weighted by atomic mass is 35.5. The second kappa shape index (κ2) is 8.28. The first-order valence-corrected chi connectivity index (χ1v) is 1.77. The lowest BCUT2D eigenvalue weighted by Gasteiger charge is -1.88. The van der Waals surface area contributed by atoms with Crippen molar-refractivity contribution in [3.8, 4) is 0 Å². The first-order valence-electron chi connectivity index (χ1n) is 1.77. The number of nitrogens with one attached hydrogen (secondary N) is 1. The minimum Gasteiger partial charge on any atom is -0.370 e. The van der Waals surface area contributed by atoms with E-state index in [1.54, 1.807) is 5.43 Å². The molecule has 0 saturated heterocycles. The van der Waals surface area contributed by atoms with Gasteiger partial charge in [0.15, 0.2) is 5.96 Å². The number of carbonyl (C=O) groups is 1. The Bertz CT molecular complexity index is 121. The Morgan fingerprint density at radius 1 is 1.30 bits per heavy atom. The maximum Gasteiger partial charge on any atom is 0.358 e. The van der Waals surface area contributed by atoms with Gasteiger partial charge in [-0.25, -0.2) is 10.6 Å². The van der Waals surface area contributed by atoms with Crippen molar-refractivity contribution in [3.63, 3.8) is 0 Å². The SMILES string of the molecule is Cl.Cl.NNC(=O)N=C(N)N. The largest absolute Gasteiger partial charge is 0.370 e. The Kier molecular flexibility index (Phi) is 13.4. The maximum atomic E-state index is 10.0. The topological polar surface area (TPSA) is 120 Å². The number of hydrogen-bond acceptors (Lipinski definition) is 2. The Hall–Kier alpha value is -0.720. The van der Waals surface area contributed by atoms with Crippen molar-refractivity contribution in [1.29, 1.82) is 0 Å². The van der Waals surface area contributed by atoms with Crippen LogP contribution >= 0.6 is 24.8 Å². The van der Waals surface area contributed by atoms with Gasteiger partial charge in [-0.1, -0.05) is 0 Å². The van der Waals surface area contributed by atoms with Gasteiger partial charge in [0.05, 0.1) is 0 Å². The predicted molar refractivity (Wildman–Crippen MR) is 43.0 cm³/mol. The number of guanidine groups is 1. The highest BCUT2D eigenvalue weighted by molar-refractivity contribution is 5.90. The van der Waals surface area contributed by atoms with Crippen LogP contribution in [0.25, 0.3) is 0 Å². The predicted octanol–water partition coefficient (Wildman–Crippen LogP) is -1.31. The number of halogens is 2.